The number of nitrogens with one attached hydrogen (secondary N) is 2. The molecule has 130 valence electrons. The number of amides is 1. The summed E-state index contributed by atoms with van der Waals surface area (Å²) in [5.41, 5.74) is 4.71. The van der Waals surface area contributed by atoms with Gasteiger partial charge in [-0.25, -0.2) is 13.1 Å². The van der Waals surface area contributed by atoms with Gasteiger partial charge in [-0.2, -0.15) is 13.2 Å². The van der Waals surface area contributed by atoms with Gasteiger partial charge in [-0.05, 0) is 32.0 Å². The summed E-state index contributed by atoms with van der Waals surface area (Å²) in [5, 5.41) is 1.67. The molecular formula is C13H18F3N3O3S. The molecule has 0 saturated carbocycles. The van der Waals surface area contributed by atoms with E-state index in [1.54, 1.807) is 19.2 Å². The van der Waals surface area contributed by atoms with Gasteiger partial charge in [0.05, 0.1) is 4.90 Å². The van der Waals surface area contributed by atoms with Crippen LogP contribution in [0.25, 0.3) is 0 Å². The third-order valence-electron chi connectivity index (χ3n) is 2.57. The van der Waals surface area contributed by atoms with Crippen molar-refractivity contribution >= 4 is 15.9 Å². The van der Waals surface area contributed by atoms with Gasteiger partial charge in [-0.3, -0.25) is 4.79 Å². The number of hydrogen-bond donors (Lipinski definition) is 3. The Morgan fingerprint density at radius 1 is 1.22 bits per heavy atom. The van der Waals surface area contributed by atoms with E-state index in [9.17, 15) is 26.4 Å². The van der Waals surface area contributed by atoms with Crippen LogP contribution in [0.15, 0.2) is 29.2 Å². The van der Waals surface area contributed by atoms with Gasteiger partial charge in [0.1, 0.15) is 6.54 Å². The zero-order valence-electron chi connectivity index (χ0n) is 12.6. The van der Waals surface area contributed by atoms with Crippen molar-refractivity contribution in [2.75, 3.05) is 13.1 Å². The molecule has 0 bridgehead atoms. The van der Waals surface area contributed by atoms with Gasteiger partial charge in [0.2, 0.25) is 10.0 Å². The number of carbonyl (C=O) groups excluding carboxylic acids is 1. The van der Waals surface area contributed by atoms with Crippen molar-refractivity contribution in [3.8, 4) is 0 Å². The molecule has 23 heavy (non-hydrogen) atoms. The average molecular weight is 353 g/mol. The van der Waals surface area contributed by atoms with Crippen LogP contribution in [0, 0.1) is 0 Å². The van der Waals surface area contributed by atoms with Crippen LogP contribution >= 0.6 is 0 Å². The highest BCUT2D eigenvalue weighted by Gasteiger charge is 2.28. The Hall–Kier alpha value is -1.65. The molecular weight excluding hydrogens is 335 g/mol. The van der Waals surface area contributed by atoms with Crippen LogP contribution in [0.4, 0.5) is 13.2 Å². The first-order valence-corrected chi connectivity index (χ1v) is 8.02. The maximum Gasteiger partial charge on any atom is 0.405 e. The maximum absolute atomic E-state index is 12.1. The maximum atomic E-state index is 12.1. The number of sulfonamides is 1. The van der Waals surface area contributed by atoms with Crippen LogP contribution in [-0.4, -0.2) is 39.1 Å². The molecule has 4 N–H and O–H groups in total. The van der Waals surface area contributed by atoms with Crippen LogP contribution in [0.3, 0.4) is 0 Å². The Labute approximate surface area is 132 Å². The molecule has 1 rings (SSSR count). The van der Waals surface area contributed by atoms with Gasteiger partial charge in [-0.15, -0.1) is 0 Å². The van der Waals surface area contributed by atoms with E-state index in [-0.39, 0.29) is 17.0 Å². The van der Waals surface area contributed by atoms with E-state index in [1.165, 1.54) is 18.2 Å². The number of alkyl halides is 3. The summed E-state index contributed by atoms with van der Waals surface area (Å²) in [4.78, 5) is 11.4. The SMILES string of the molecule is CC(C)(N)CNS(=O)(=O)c1cccc(C(=O)NCC(F)(F)F)c1. The Morgan fingerprint density at radius 3 is 2.35 bits per heavy atom. The normalized spacial score (nSPS) is 13.0. The largest absolute Gasteiger partial charge is 0.405 e. The molecule has 6 nitrogen and oxygen atoms in total. The molecule has 0 spiro atoms. The third-order valence-corrected chi connectivity index (χ3v) is 3.97. The first-order valence-electron chi connectivity index (χ1n) is 6.54. The van der Waals surface area contributed by atoms with Crippen molar-refractivity contribution in [3.63, 3.8) is 0 Å². The van der Waals surface area contributed by atoms with Crippen molar-refractivity contribution in [3.05, 3.63) is 29.8 Å². The number of hydrogen-bond acceptors (Lipinski definition) is 4. The fraction of sp³-hybridized carbons (Fsp3) is 0.462. The van der Waals surface area contributed by atoms with E-state index in [1.807, 2.05) is 0 Å². The molecule has 0 atom stereocenters. The molecule has 0 aromatic heterocycles. The van der Waals surface area contributed by atoms with Crippen molar-refractivity contribution in [1.82, 2.24) is 10.0 Å². The highest BCUT2D eigenvalue weighted by molar-refractivity contribution is 7.89. The first kappa shape index (κ1) is 19.4. The summed E-state index contributed by atoms with van der Waals surface area (Å²) < 4.78 is 62.7. The van der Waals surface area contributed by atoms with E-state index < -0.39 is 34.2 Å². The van der Waals surface area contributed by atoms with Crippen molar-refractivity contribution in [1.29, 1.82) is 0 Å². The zero-order chi connectivity index (χ0) is 17.9. The third kappa shape index (κ3) is 6.97. The van der Waals surface area contributed by atoms with E-state index >= 15 is 0 Å². The van der Waals surface area contributed by atoms with Crippen molar-refractivity contribution in [2.45, 2.75) is 30.5 Å². The summed E-state index contributed by atoms with van der Waals surface area (Å²) in [6, 6.07) is 4.71. The predicted octanol–water partition coefficient (Wildman–Crippen LogP) is 0.994. The minimum atomic E-state index is -4.55. The van der Waals surface area contributed by atoms with Crippen LogP contribution in [-0.2, 0) is 10.0 Å². The van der Waals surface area contributed by atoms with Gasteiger partial charge in [0, 0.05) is 17.6 Å². The molecule has 0 heterocycles. The minimum Gasteiger partial charge on any atom is -0.343 e. The van der Waals surface area contributed by atoms with E-state index in [4.69, 9.17) is 5.73 Å². The number of rotatable bonds is 6. The highest BCUT2D eigenvalue weighted by Crippen LogP contribution is 2.14. The summed E-state index contributed by atoms with van der Waals surface area (Å²) in [6.07, 6.45) is -4.55. The topological polar surface area (TPSA) is 101 Å². The number of nitrogens with two attached hydrogens (primary N) is 1. The lowest BCUT2D eigenvalue weighted by atomic mass is 10.1. The summed E-state index contributed by atoms with van der Waals surface area (Å²) in [7, 11) is -3.93. The molecule has 0 unspecified atom stereocenters. The Balaban J connectivity index is 2.89. The fourth-order valence-corrected chi connectivity index (χ4v) is 2.72. The Morgan fingerprint density at radius 2 is 1.83 bits per heavy atom. The van der Waals surface area contributed by atoms with Gasteiger partial charge >= 0.3 is 6.18 Å². The van der Waals surface area contributed by atoms with Gasteiger partial charge in [0.25, 0.3) is 5.91 Å². The smallest absolute Gasteiger partial charge is 0.343 e. The summed E-state index contributed by atoms with van der Waals surface area (Å²) in [5.74, 6) is -1.02. The summed E-state index contributed by atoms with van der Waals surface area (Å²) in [6.45, 7) is 1.70. The molecule has 1 amide bonds. The molecule has 0 aliphatic rings. The molecule has 0 aliphatic heterocycles. The first-order chi connectivity index (χ1) is 10.3. The van der Waals surface area contributed by atoms with E-state index in [0.717, 1.165) is 6.07 Å². The number of halogens is 3. The lowest BCUT2D eigenvalue weighted by Crippen LogP contribution is -2.45. The quantitative estimate of drug-likeness (QED) is 0.710. The van der Waals surface area contributed by atoms with Gasteiger partial charge < -0.3 is 11.1 Å². The number of benzene rings is 1. The van der Waals surface area contributed by atoms with E-state index in [0.29, 0.717) is 0 Å². The molecule has 0 aliphatic carbocycles. The van der Waals surface area contributed by atoms with Crippen LogP contribution < -0.4 is 15.8 Å². The Bertz CT molecular complexity index is 667. The lowest BCUT2D eigenvalue weighted by molar-refractivity contribution is -0.123. The standard InChI is InChI=1S/C13H18F3N3O3S/c1-12(2,17)7-19-23(21,22)10-5-3-4-9(6-10)11(20)18-8-13(14,15)16/h3-6,19H,7-8,17H2,1-2H3,(H,18,20). The molecule has 0 radical (unpaired) electrons. The number of carbonyl (C=O) groups is 1. The fourth-order valence-electron chi connectivity index (χ4n) is 1.45. The zero-order valence-corrected chi connectivity index (χ0v) is 13.4. The van der Waals surface area contributed by atoms with E-state index in [2.05, 4.69) is 4.72 Å². The average Bonchev–Trinajstić information content (AvgIpc) is 2.41. The molecule has 0 saturated heterocycles. The molecule has 1 aromatic carbocycles. The lowest BCUT2D eigenvalue weighted by Gasteiger charge is -2.19. The second-order valence-electron chi connectivity index (χ2n) is 5.64. The van der Waals surface area contributed by atoms with Gasteiger partial charge in [0.15, 0.2) is 0 Å². The minimum absolute atomic E-state index is 0.0418. The second kappa shape index (κ2) is 6.85. The Kier molecular flexibility index (Phi) is 5.78. The van der Waals surface area contributed by atoms with Gasteiger partial charge in [-0.1, -0.05) is 6.07 Å². The summed E-state index contributed by atoms with van der Waals surface area (Å²) >= 11 is 0. The second-order valence-corrected chi connectivity index (χ2v) is 7.41. The van der Waals surface area contributed by atoms with Crippen LogP contribution in [0.2, 0.25) is 0 Å². The van der Waals surface area contributed by atoms with Crippen molar-refractivity contribution < 1.29 is 26.4 Å². The van der Waals surface area contributed by atoms with Crippen LogP contribution in [0.5, 0.6) is 0 Å². The molecule has 0 fully saturated rings. The molecule has 10 heteroatoms. The predicted molar refractivity (Wildman–Crippen MR) is 78.3 cm³/mol. The monoisotopic (exact) mass is 353 g/mol. The van der Waals surface area contributed by atoms with Crippen molar-refractivity contribution in [2.24, 2.45) is 5.73 Å². The highest BCUT2D eigenvalue weighted by atomic mass is 32.2. The molecule has 1 aromatic rings. The van der Waals surface area contributed by atoms with Crippen LogP contribution in [0.1, 0.15) is 24.2 Å².